The lowest BCUT2D eigenvalue weighted by Gasteiger charge is -2.02. The highest BCUT2D eigenvalue weighted by Crippen LogP contribution is 2.07. The molecule has 0 radical (unpaired) electrons. The van der Waals surface area contributed by atoms with Gasteiger partial charge in [-0.15, -0.1) is 0 Å². The van der Waals surface area contributed by atoms with E-state index in [0.29, 0.717) is 25.2 Å². The molecule has 1 aromatic carbocycles. The third-order valence-corrected chi connectivity index (χ3v) is 2.46. The fourth-order valence-electron chi connectivity index (χ4n) is 1.44. The first-order chi connectivity index (χ1) is 8.13. The summed E-state index contributed by atoms with van der Waals surface area (Å²) in [5.41, 5.74) is 1.70. The zero-order valence-electron chi connectivity index (χ0n) is 10.4. The predicted octanol–water partition coefficient (Wildman–Crippen LogP) is 2.56. The highest BCUT2D eigenvalue weighted by molar-refractivity contribution is 6.07. The van der Waals surface area contributed by atoms with Gasteiger partial charge in [0.2, 0.25) is 0 Å². The molecule has 0 atom stereocenters. The summed E-state index contributed by atoms with van der Waals surface area (Å²) in [5, 5.41) is 0. The van der Waals surface area contributed by atoms with Crippen LogP contribution >= 0.6 is 0 Å². The van der Waals surface area contributed by atoms with E-state index in [1.54, 1.807) is 12.1 Å². The Labute approximate surface area is 102 Å². The first-order valence-electron chi connectivity index (χ1n) is 5.82. The summed E-state index contributed by atoms with van der Waals surface area (Å²) in [7, 11) is 0. The largest absolute Gasteiger partial charge is 0.381 e. The number of carbonyl (C=O) groups is 2. The Hall–Kier alpha value is -1.48. The molecule has 3 heteroatoms. The molecule has 0 saturated heterocycles. The number of carbonyl (C=O) groups excluding carboxylic acids is 2. The van der Waals surface area contributed by atoms with Crippen molar-refractivity contribution in [3.05, 3.63) is 35.4 Å². The van der Waals surface area contributed by atoms with Crippen LogP contribution in [0.25, 0.3) is 0 Å². The van der Waals surface area contributed by atoms with Crippen molar-refractivity contribution in [2.45, 2.75) is 26.7 Å². The standard InChI is InChI=1S/C14H18O3/c1-3-17-9-8-13(15)10-14(16)12-6-4-11(2)5-7-12/h4-7H,3,8-10H2,1-2H3. The summed E-state index contributed by atoms with van der Waals surface area (Å²) >= 11 is 0. The van der Waals surface area contributed by atoms with Crippen molar-refractivity contribution >= 4 is 11.6 Å². The molecule has 0 aliphatic rings. The topological polar surface area (TPSA) is 43.4 Å². The predicted molar refractivity (Wildman–Crippen MR) is 66.2 cm³/mol. The highest BCUT2D eigenvalue weighted by Gasteiger charge is 2.11. The summed E-state index contributed by atoms with van der Waals surface area (Å²) in [6.07, 6.45) is 0.279. The van der Waals surface area contributed by atoms with Gasteiger partial charge in [0.1, 0.15) is 5.78 Å². The van der Waals surface area contributed by atoms with Crippen molar-refractivity contribution in [2.24, 2.45) is 0 Å². The van der Waals surface area contributed by atoms with E-state index in [9.17, 15) is 9.59 Å². The van der Waals surface area contributed by atoms with Crippen LogP contribution in [-0.4, -0.2) is 24.8 Å². The molecule has 0 heterocycles. The van der Waals surface area contributed by atoms with Crippen molar-refractivity contribution in [3.8, 4) is 0 Å². The zero-order chi connectivity index (χ0) is 12.7. The van der Waals surface area contributed by atoms with Gasteiger partial charge in [0.15, 0.2) is 5.78 Å². The minimum absolute atomic E-state index is 0.0316. The van der Waals surface area contributed by atoms with E-state index in [2.05, 4.69) is 0 Å². The van der Waals surface area contributed by atoms with Gasteiger partial charge in [-0.3, -0.25) is 9.59 Å². The Morgan fingerprint density at radius 1 is 1.18 bits per heavy atom. The molecular weight excluding hydrogens is 216 g/mol. The number of hydrogen-bond donors (Lipinski definition) is 0. The molecule has 1 rings (SSSR count). The van der Waals surface area contributed by atoms with Crippen LogP contribution in [0.15, 0.2) is 24.3 Å². The van der Waals surface area contributed by atoms with E-state index in [1.807, 2.05) is 26.0 Å². The minimum atomic E-state index is -0.119. The van der Waals surface area contributed by atoms with Gasteiger partial charge < -0.3 is 4.74 Å². The van der Waals surface area contributed by atoms with Crippen molar-refractivity contribution in [1.82, 2.24) is 0 Å². The number of ketones is 2. The Morgan fingerprint density at radius 2 is 1.82 bits per heavy atom. The summed E-state index contributed by atoms with van der Waals surface area (Å²) in [5.74, 6) is -0.185. The van der Waals surface area contributed by atoms with Crippen LogP contribution in [0.2, 0.25) is 0 Å². The monoisotopic (exact) mass is 234 g/mol. The minimum Gasteiger partial charge on any atom is -0.381 e. The van der Waals surface area contributed by atoms with Gasteiger partial charge in [-0.2, -0.15) is 0 Å². The summed E-state index contributed by atoms with van der Waals surface area (Å²) < 4.78 is 5.08. The number of ether oxygens (including phenoxy) is 1. The molecule has 0 amide bonds. The maximum atomic E-state index is 11.7. The average Bonchev–Trinajstić information content (AvgIpc) is 2.30. The maximum Gasteiger partial charge on any atom is 0.170 e. The third kappa shape index (κ3) is 4.91. The molecule has 0 unspecified atom stereocenters. The fraction of sp³-hybridized carbons (Fsp3) is 0.429. The second-order valence-corrected chi connectivity index (χ2v) is 3.95. The lowest BCUT2D eigenvalue weighted by atomic mass is 10.0. The summed E-state index contributed by atoms with van der Waals surface area (Å²) in [6, 6.07) is 7.26. The Kier molecular flexibility index (Phi) is 5.57. The van der Waals surface area contributed by atoms with E-state index in [0.717, 1.165) is 5.56 Å². The quantitative estimate of drug-likeness (QED) is 0.413. The molecule has 0 aliphatic heterocycles. The van der Waals surface area contributed by atoms with Gasteiger partial charge in [-0.1, -0.05) is 29.8 Å². The van der Waals surface area contributed by atoms with E-state index in [1.165, 1.54) is 0 Å². The number of Topliss-reactive ketones (excluding diaryl/α,β-unsaturated/α-hetero) is 2. The second-order valence-electron chi connectivity index (χ2n) is 3.95. The summed E-state index contributed by atoms with van der Waals surface area (Å²) in [4.78, 5) is 23.2. The Bertz CT molecular complexity index is 379. The molecule has 0 aliphatic carbocycles. The van der Waals surface area contributed by atoms with E-state index in [-0.39, 0.29) is 18.0 Å². The second kappa shape index (κ2) is 6.97. The molecule has 3 nitrogen and oxygen atoms in total. The molecule has 0 bridgehead atoms. The van der Waals surface area contributed by atoms with Crippen LogP contribution in [0, 0.1) is 6.92 Å². The van der Waals surface area contributed by atoms with Crippen LogP contribution in [0.1, 0.15) is 35.7 Å². The lowest BCUT2D eigenvalue weighted by Crippen LogP contribution is -2.10. The van der Waals surface area contributed by atoms with Crippen LogP contribution in [-0.2, 0) is 9.53 Å². The first-order valence-corrected chi connectivity index (χ1v) is 5.82. The summed E-state index contributed by atoms with van der Waals surface area (Å²) in [6.45, 7) is 4.83. The van der Waals surface area contributed by atoms with Crippen molar-refractivity contribution in [3.63, 3.8) is 0 Å². The van der Waals surface area contributed by atoms with Gasteiger partial charge >= 0.3 is 0 Å². The Morgan fingerprint density at radius 3 is 2.41 bits per heavy atom. The molecule has 92 valence electrons. The number of aryl methyl sites for hydroxylation is 1. The van der Waals surface area contributed by atoms with Gasteiger partial charge in [0, 0.05) is 18.6 Å². The number of hydrogen-bond acceptors (Lipinski definition) is 3. The molecular formula is C14H18O3. The highest BCUT2D eigenvalue weighted by atomic mass is 16.5. The fourth-order valence-corrected chi connectivity index (χ4v) is 1.44. The molecule has 0 spiro atoms. The molecule has 0 aromatic heterocycles. The third-order valence-electron chi connectivity index (χ3n) is 2.46. The van der Waals surface area contributed by atoms with Crippen LogP contribution in [0.4, 0.5) is 0 Å². The van der Waals surface area contributed by atoms with Crippen molar-refractivity contribution < 1.29 is 14.3 Å². The van der Waals surface area contributed by atoms with E-state index >= 15 is 0 Å². The smallest absolute Gasteiger partial charge is 0.170 e. The average molecular weight is 234 g/mol. The molecule has 0 saturated carbocycles. The van der Waals surface area contributed by atoms with Crippen molar-refractivity contribution in [1.29, 1.82) is 0 Å². The number of rotatable bonds is 7. The van der Waals surface area contributed by atoms with Crippen LogP contribution < -0.4 is 0 Å². The van der Waals surface area contributed by atoms with E-state index < -0.39 is 0 Å². The van der Waals surface area contributed by atoms with Crippen molar-refractivity contribution in [2.75, 3.05) is 13.2 Å². The van der Waals surface area contributed by atoms with Gasteiger partial charge in [-0.05, 0) is 13.8 Å². The van der Waals surface area contributed by atoms with Crippen LogP contribution in [0.5, 0.6) is 0 Å². The molecule has 0 N–H and O–H groups in total. The Balaban J connectivity index is 2.43. The first kappa shape index (κ1) is 13.6. The molecule has 17 heavy (non-hydrogen) atoms. The zero-order valence-corrected chi connectivity index (χ0v) is 10.4. The normalized spacial score (nSPS) is 10.2. The number of benzene rings is 1. The lowest BCUT2D eigenvalue weighted by molar-refractivity contribution is -0.119. The van der Waals surface area contributed by atoms with Gasteiger partial charge in [0.25, 0.3) is 0 Å². The maximum absolute atomic E-state index is 11.7. The van der Waals surface area contributed by atoms with Crippen LogP contribution in [0.3, 0.4) is 0 Å². The SMILES string of the molecule is CCOCCC(=O)CC(=O)c1ccc(C)cc1. The van der Waals surface area contributed by atoms with E-state index in [4.69, 9.17) is 4.74 Å². The molecule has 0 fully saturated rings. The molecule has 1 aromatic rings. The van der Waals surface area contributed by atoms with Gasteiger partial charge in [0.05, 0.1) is 13.0 Å². The van der Waals surface area contributed by atoms with Gasteiger partial charge in [-0.25, -0.2) is 0 Å².